The minimum Gasteiger partial charge on any atom is -0.325 e. The summed E-state index contributed by atoms with van der Waals surface area (Å²) in [6.45, 7) is 0. The second kappa shape index (κ2) is 4.63. The predicted molar refractivity (Wildman–Crippen MR) is 65.4 cm³/mol. The van der Waals surface area contributed by atoms with Gasteiger partial charge in [0.25, 0.3) is 0 Å². The quantitative estimate of drug-likeness (QED) is 0.874. The topological polar surface area (TPSA) is 55.1 Å². The fraction of sp³-hybridized carbons (Fsp3) is 0.417. The zero-order valence-electron chi connectivity index (χ0n) is 9.30. The predicted octanol–water partition coefficient (Wildman–Crippen LogP) is 2.69. The summed E-state index contributed by atoms with van der Waals surface area (Å²) in [6, 6.07) is 4.49. The lowest BCUT2D eigenvalue weighted by Gasteiger charge is -2.37. The van der Waals surface area contributed by atoms with Crippen molar-refractivity contribution in [3.63, 3.8) is 0 Å². The lowest BCUT2D eigenvalue weighted by Crippen LogP contribution is -2.48. The molecule has 0 unspecified atom stereocenters. The van der Waals surface area contributed by atoms with Gasteiger partial charge in [-0.1, -0.05) is 17.7 Å². The fourth-order valence-electron chi connectivity index (χ4n) is 1.92. The number of hydrogen-bond donors (Lipinski definition) is 2. The molecule has 92 valence electrons. The van der Waals surface area contributed by atoms with Gasteiger partial charge in [0.1, 0.15) is 0 Å². The molecule has 1 amide bonds. The summed E-state index contributed by atoms with van der Waals surface area (Å²) in [6.07, 6.45) is 2.96. The third kappa shape index (κ3) is 2.76. The molecule has 1 saturated carbocycles. The highest BCUT2D eigenvalue weighted by Gasteiger charge is 2.34. The van der Waals surface area contributed by atoms with E-state index in [0.29, 0.717) is 0 Å². The first-order valence-electron chi connectivity index (χ1n) is 5.53. The van der Waals surface area contributed by atoms with Gasteiger partial charge in [0.05, 0.1) is 10.7 Å². The molecular formula is C12H14ClFN2O. The molecular weight excluding hydrogens is 243 g/mol. The van der Waals surface area contributed by atoms with Crippen molar-refractivity contribution in [1.82, 2.24) is 0 Å². The van der Waals surface area contributed by atoms with Crippen molar-refractivity contribution < 1.29 is 9.18 Å². The van der Waals surface area contributed by atoms with Crippen LogP contribution in [0.1, 0.15) is 25.7 Å². The number of halogens is 2. The van der Waals surface area contributed by atoms with Crippen LogP contribution in [-0.2, 0) is 4.79 Å². The number of nitrogens with one attached hydrogen (secondary N) is 1. The van der Waals surface area contributed by atoms with Gasteiger partial charge in [0, 0.05) is 12.0 Å². The van der Waals surface area contributed by atoms with Crippen molar-refractivity contribution in [3.05, 3.63) is 29.0 Å². The summed E-state index contributed by atoms with van der Waals surface area (Å²) in [5.74, 6) is -0.879. The monoisotopic (exact) mass is 256 g/mol. The maximum Gasteiger partial charge on any atom is 0.226 e. The Morgan fingerprint density at radius 3 is 2.82 bits per heavy atom. The Morgan fingerprint density at radius 1 is 1.53 bits per heavy atom. The van der Waals surface area contributed by atoms with Crippen LogP contribution >= 0.6 is 11.6 Å². The first-order chi connectivity index (χ1) is 8.00. The Labute approximate surface area is 104 Å². The SMILES string of the molecule is NC1(CC(=O)Nc2cccc(Cl)c2F)CCC1. The van der Waals surface area contributed by atoms with Crippen LogP contribution in [0.2, 0.25) is 5.02 Å². The minimum atomic E-state index is -0.609. The zero-order chi connectivity index (χ0) is 12.5. The molecule has 0 saturated heterocycles. The number of carbonyl (C=O) groups is 1. The second-order valence-electron chi connectivity index (χ2n) is 4.54. The molecule has 0 heterocycles. The van der Waals surface area contributed by atoms with Gasteiger partial charge in [-0.05, 0) is 31.4 Å². The highest BCUT2D eigenvalue weighted by molar-refractivity contribution is 6.31. The molecule has 1 aromatic carbocycles. The summed E-state index contributed by atoms with van der Waals surface area (Å²) < 4.78 is 13.5. The molecule has 0 bridgehead atoms. The molecule has 0 atom stereocenters. The summed E-state index contributed by atoms with van der Waals surface area (Å²) in [5.41, 5.74) is 5.64. The molecule has 3 N–H and O–H groups in total. The summed E-state index contributed by atoms with van der Waals surface area (Å²) in [7, 11) is 0. The fourth-order valence-corrected chi connectivity index (χ4v) is 2.10. The van der Waals surface area contributed by atoms with Crippen LogP contribution < -0.4 is 11.1 Å². The normalized spacial score (nSPS) is 17.4. The molecule has 0 radical (unpaired) electrons. The van der Waals surface area contributed by atoms with Gasteiger partial charge in [0.15, 0.2) is 5.82 Å². The third-order valence-corrected chi connectivity index (χ3v) is 3.38. The second-order valence-corrected chi connectivity index (χ2v) is 4.95. The molecule has 0 spiro atoms. The number of anilines is 1. The highest BCUT2D eigenvalue weighted by Crippen LogP contribution is 2.32. The van der Waals surface area contributed by atoms with Gasteiger partial charge in [-0.15, -0.1) is 0 Å². The van der Waals surface area contributed by atoms with Gasteiger partial charge in [-0.25, -0.2) is 4.39 Å². The van der Waals surface area contributed by atoms with Crippen molar-refractivity contribution in [1.29, 1.82) is 0 Å². The van der Waals surface area contributed by atoms with E-state index in [1.54, 1.807) is 6.07 Å². The first-order valence-corrected chi connectivity index (χ1v) is 5.91. The molecule has 1 fully saturated rings. The Morgan fingerprint density at radius 2 is 2.24 bits per heavy atom. The molecule has 2 rings (SSSR count). The summed E-state index contributed by atoms with van der Waals surface area (Å²) in [5, 5.41) is 2.49. The largest absolute Gasteiger partial charge is 0.325 e. The average molecular weight is 257 g/mol. The van der Waals surface area contributed by atoms with Crippen LogP contribution in [0.3, 0.4) is 0 Å². The van der Waals surface area contributed by atoms with E-state index in [9.17, 15) is 9.18 Å². The van der Waals surface area contributed by atoms with Crippen LogP contribution in [0.25, 0.3) is 0 Å². The molecule has 5 heteroatoms. The van der Waals surface area contributed by atoms with Gasteiger partial charge in [-0.3, -0.25) is 4.79 Å². The van der Waals surface area contributed by atoms with E-state index >= 15 is 0 Å². The lowest BCUT2D eigenvalue weighted by molar-refractivity contribution is -0.118. The molecule has 0 aliphatic heterocycles. The smallest absolute Gasteiger partial charge is 0.226 e. The zero-order valence-corrected chi connectivity index (χ0v) is 10.1. The first kappa shape index (κ1) is 12.3. The standard InChI is InChI=1S/C12H14ClFN2O/c13-8-3-1-4-9(11(8)14)16-10(17)7-12(15)5-2-6-12/h1,3-4H,2,5-7,15H2,(H,16,17). The number of hydrogen-bond acceptors (Lipinski definition) is 2. The molecule has 17 heavy (non-hydrogen) atoms. The van der Waals surface area contributed by atoms with Crippen molar-refractivity contribution in [3.8, 4) is 0 Å². The van der Waals surface area contributed by atoms with E-state index in [1.807, 2.05) is 0 Å². The maximum absolute atomic E-state index is 13.5. The van der Waals surface area contributed by atoms with E-state index in [1.165, 1.54) is 12.1 Å². The molecule has 1 aromatic rings. The Bertz CT molecular complexity index is 446. The third-order valence-electron chi connectivity index (χ3n) is 3.09. The number of carbonyl (C=O) groups excluding carboxylic acids is 1. The molecule has 1 aliphatic carbocycles. The van der Waals surface area contributed by atoms with E-state index in [0.717, 1.165) is 19.3 Å². The van der Waals surface area contributed by atoms with Crippen LogP contribution in [-0.4, -0.2) is 11.4 Å². The molecule has 1 aliphatic rings. The van der Waals surface area contributed by atoms with Crippen LogP contribution in [0.5, 0.6) is 0 Å². The van der Waals surface area contributed by atoms with Crippen molar-refractivity contribution >= 4 is 23.2 Å². The molecule has 0 aromatic heterocycles. The van der Waals surface area contributed by atoms with Gasteiger partial charge in [-0.2, -0.15) is 0 Å². The number of rotatable bonds is 3. The summed E-state index contributed by atoms with van der Waals surface area (Å²) in [4.78, 5) is 11.7. The Hall–Kier alpha value is -1.13. The molecule has 3 nitrogen and oxygen atoms in total. The Kier molecular flexibility index (Phi) is 3.35. The number of benzene rings is 1. The van der Waals surface area contributed by atoms with Crippen LogP contribution in [0.4, 0.5) is 10.1 Å². The van der Waals surface area contributed by atoms with Crippen molar-refractivity contribution in [2.45, 2.75) is 31.2 Å². The number of nitrogens with two attached hydrogens (primary N) is 1. The average Bonchev–Trinajstić information content (AvgIpc) is 2.22. The van der Waals surface area contributed by atoms with Crippen molar-refractivity contribution in [2.24, 2.45) is 5.73 Å². The maximum atomic E-state index is 13.5. The van der Waals surface area contributed by atoms with Gasteiger partial charge in [0.2, 0.25) is 5.91 Å². The van der Waals surface area contributed by atoms with Gasteiger partial charge >= 0.3 is 0 Å². The van der Waals surface area contributed by atoms with Crippen LogP contribution in [0, 0.1) is 5.82 Å². The van der Waals surface area contributed by atoms with Crippen LogP contribution in [0.15, 0.2) is 18.2 Å². The van der Waals surface area contributed by atoms with E-state index in [2.05, 4.69) is 5.32 Å². The highest BCUT2D eigenvalue weighted by atomic mass is 35.5. The number of amides is 1. The Balaban J connectivity index is 2.00. The van der Waals surface area contributed by atoms with Crippen molar-refractivity contribution in [2.75, 3.05) is 5.32 Å². The van der Waals surface area contributed by atoms with E-state index in [-0.39, 0.29) is 23.0 Å². The minimum absolute atomic E-state index is 0.00564. The van der Waals surface area contributed by atoms with E-state index < -0.39 is 11.4 Å². The lowest BCUT2D eigenvalue weighted by atomic mass is 9.75. The van der Waals surface area contributed by atoms with E-state index in [4.69, 9.17) is 17.3 Å². The summed E-state index contributed by atoms with van der Waals surface area (Å²) >= 11 is 5.62. The van der Waals surface area contributed by atoms with Gasteiger partial charge < -0.3 is 11.1 Å².